The van der Waals surface area contributed by atoms with E-state index in [0.717, 1.165) is 21.7 Å². The molecule has 0 spiro atoms. The topological polar surface area (TPSA) is 0 Å². The summed E-state index contributed by atoms with van der Waals surface area (Å²) in [6.07, 6.45) is -4.33. The van der Waals surface area contributed by atoms with Crippen molar-refractivity contribution in [2.75, 3.05) is 0 Å². The van der Waals surface area contributed by atoms with Crippen LogP contribution in [-0.2, 0) is 6.18 Å². The second kappa shape index (κ2) is 4.90. The molecule has 0 radical (unpaired) electrons. The van der Waals surface area contributed by atoms with Crippen LogP contribution in [0.2, 0.25) is 0 Å². The molecule has 5 heteroatoms. The Morgan fingerprint density at radius 1 is 0.950 bits per heavy atom. The number of thiophene rings is 1. The first-order valence-corrected chi connectivity index (χ1v) is 7.47. The van der Waals surface area contributed by atoms with Crippen molar-refractivity contribution in [3.63, 3.8) is 0 Å². The predicted octanol–water partition coefficient (Wildman–Crippen LogP) is 6.35. The summed E-state index contributed by atoms with van der Waals surface area (Å²) < 4.78 is 40.3. The molecule has 0 nitrogen and oxygen atoms in total. The molecule has 20 heavy (non-hydrogen) atoms. The van der Waals surface area contributed by atoms with Gasteiger partial charge in [-0.3, -0.25) is 0 Å². The van der Waals surface area contributed by atoms with Gasteiger partial charge < -0.3 is 0 Å². The Bertz CT molecular complexity index is 774. The van der Waals surface area contributed by atoms with E-state index in [0.29, 0.717) is 10.0 Å². The normalized spacial score (nSPS) is 12.0. The van der Waals surface area contributed by atoms with Gasteiger partial charge >= 0.3 is 6.18 Å². The summed E-state index contributed by atoms with van der Waals surface area (Å²) in [7, 11) is 0. The average molecular weight is 357 g/mol. The van der Waals surface area contributed by atoms with Gasteiger partial charge in [-0.15, -0.1) is 11.3 Å². The van der Waals surface area contributed by atoms with Crippen LogP contribution in [0.15, 0.2) is 52.3 Å². The quantitative estimate of drug-likeness (QED) is 0.476. The number of benzene rings is 2. The molecule has 0 saturated carbocycles. The summed E-state index contributed by atoms with van der Waals surface area (Å²) in [5.41, 5.74) is 0.756. The fourth-order valence-electron chi connectivity index (χ4n) is 2.09. The van der Waals surface area contributed by atoms with Crippen molar-refractivity contribution in [1.29, 1.82) is 0 Å². The van der Waals surface area contributed by atoms with Crippen LogP contribution in [0.4, 0.5) is 13.2 Å². The lowest BCUT2D eigenvalue weighted by molar-refractivity contribution is -0.137. The van der Waals surface area contributed by atoms with Gasteiger partial charge in [0.1, 0.15) is 0 Å². The third kappa shape index (κ3) is 2.36. The van der Waals surface area contributed by atoms with Gasteiger partial charge in [0.15, 0.2) is 0 Å². The SMILES string of the molecule is FC(F)(F)c1ccc(Br)c(-c2csc3ccccc23)c1. The fraction of sp³-hybridized carbons (Fsp3) is 0.0667. The van der Waals surface area contributed by atoms with Crippen LogP contribution in [0.5, 0.6) is 0 Å². The Balaban J connectivity index is 2.24. The molecular weight excluding hydrogens is 349 g/mol. The first-order valence-electron chi connectivity index (χ1n) is 5.80. The standard InChI is InChI=1S/C15H8BrF3S/c16-13-6-5-9(15(17,18)19)7-11(13)12-8-20-14-4-2-1-3-10(12)14/h1-8H. The van der Waals surface area contributed by atoms with Gasteiger partial charge in [0, 0.05) is 20.1 Å². The number of fused-ring (bicyclic) bond motifs is 1. The lowest BCUT2D eigenvalue weighted by Crippen LogP contribution is -2.04. The Kier molecular flexibility index (Phi) is 3.34. The summed E-state index contributed by atoms with van der Waals surface area (Å²) in [5.74, 6) is 0. The van der Waals surface area contributed by atoms with E-state index >= 15 is 0 Å². The highest BCUT2D eigenvalue weighted by Crippen LogP contribution is 2.40. The number of hydrogen-bond donors (Lipinski definition) is 0. The Morgan fingerprint density at radius 2 is 1.70 bits per heavy atom. The molecule has 2 aromatic carbocycles. The van der Waals surface area contributed by atoms with Crippen LogP contribution in [-0.4, -0.2) is 0 Å². The van der Waals surface area contributed by atoms with Gasteiger partial charge in [0.05, 0.1) is 5.56 Å². The van der Waals surface area contributed by atoms with E-state index in [2.05, 4.69) is 15.9 Å². The monoisotopic (exact) mass is 356 g/mol. The second-order valence-electron chi connectivity index (χ2n) is 4.34. The molecule has 0 N–H and O–H groups in total. The van der Waals surface area contributed by atoms with E-state index in [1.165, 1.54) is 23.5 Å². The lowest BCUT2D eigenvalue weighted by atomic mass is 10.0. The maximum Gasteiger partial charge on any atom is 0.416 e. The average Bonchev–Trinajstić information content (AvgIpc) is 2.82. The Labute approximate surface area is 126 Å². The first-order chi connectivity index (χ1) is 9.47. The highest BCUT2D eigenvalue weighted by atomic mass is 79.9. The predicted molar refractivity (Wildman–Crippen MR) is 80.0 cm³/mol. The molecule has 0 saturated heterocycles. The Hall–Kier alpha value is -1.33. The summed E-state index contributed by atoms with van der Waals surface area (Å²) in [6, 6.07) is 11.4. The van der Waals surface area contributed by atoms with Crippen LogP contribution in [0.3, 0.4) is 0 Å². The molecule has 1 aromatic heterocycles. The molecule has 102 valence electrons. The highest BCUT2D eigenvalue weighted by Gasteiger charge is 2.31. The number of rotatable bonds is 1. The molecule has 3 aromatic rings. The summed E-state index contributed by atoms with van der Waals surface area (Å²) >= 11 is 4.87. The van der Waals surface area contributed by atoms with Crippen LogP contribution < -0.4 is 0 Å². The van der Waals surface area contributed by atoms with Crippen molar-refractivity contribution in [3.8, 4) is 11.1 Å². The molecule has 0 aliphatic heterocycles. The Morgan fingerprint density at radius 3 is 2.45 bits per heavy atom. The van der Waals surface area contributed by atoms with Crippen LogP contribution in [0, 0.1) is 0 Å². The number of hydrogen-bond acceptors (Lipinski definition) is 1. The molecule has 0 aliphatic rings. The van der Waals surface area contributed by atoms with E-state index in [1.54, 1.807) is 0 Å². The van der Waals surface area contributed by atoms with E-state index in [4.69, 9.17) is 0 Å². The summed E-state index contributed by atoms with van der Waals surface area (Å²) in [5, 5.41) is 2.86. The third-order valence-corrected chi connectivity index (χ3v) is 4.72. The maximum atomic E-state index is 12.8. The molecule has 3 rings (SSSR count). The first kappa shape index (κ1) is 13.6. The van der Waals surface area contributed by atoms with Gasteiger partial charge in [-0.2, -0.15) is 13.2 Å². The molecule has 0 bridgehead atoms. The van der Waals surface area contributed by atoms with Crippen molar-refractivity contribution in [2.24, 2.45) is 0 Å². The molecule has 0 unspecified atom stereocenters. The lowest BCUT2D eigenvalue weighted by Gasteiger charge is -2.10. The van der Waals surface area contributed by atoms with E-state index < -0.39 is 11.7 Å². The van der Waals surface area contributed by atoms with Crippen molar-refractivity contribution in [3.05, 3.63) is 57.9 Å². The van der Waals surface area contributed by atoms with E-state index in [9.17, 15) is 13.2 Å². The zero-order valence-corrected chi connectivity index (χ0v) is 12.4. The summed E-state index contributed by atoms with van der Waals surface area (Å²) in [4.78, 5) is 0. The van der Waals surface area contributed by atoms with Gasteiger partial charge in [-0.05, 0) is 35.2 Å². The maximum absolute atomic E-state index is 12.8. The van der Waals surface area contributed by atoms with Crippen molar-refractivity contribution in [2.45, 2.75) is 6.18 Å². The van der Waals surface area contributed by atoms with Crippen LogP contribution >= 0.6 is 27.3 Å². The minimum atomic E-state index is -4.33. The van der Waals surface area contributed by atoms with E-state index in [-0.39, 0.29) is 0 Å². The van der Waals surface area contributed by atoms with Gasteiger partial charge in [-0.25, -0.2) is 0 Å². The third-order valence-electron chi connectivity index (χ3n) is 3.06. The van der Waals surface area contributed by atoms with Crippen LogP contribution in [0.1, 0.15) is 5.56 Å². The van der Waals surface area contributed by atoms with Crippen molar-refractivity contribution >= 4 is 37.4 Å². The summed E-state index contributed by atoms with van der Waals surface area (Å²) in [6.45, 7) is 0. The smallest absolute Gasteiger partial charge is 0.166 e. The molecule has 0 amide bonds. The zero-order chi connectivity index (χ0) is 14.3. The highest BCUT2D eigenvalue weighted by molar-refractivity contribution is 9.10. The van der Waals surface area contributed by atoms with Crippen molar-refractivity contribution < 1.29 is 13.2 Å². The minimum Gasteiger partial charge on any atom is -0.166 e. The van der Waals surface area contributed by atoms with E-state index in [1.807, 2.05) is 29.6 Å². The molecule has 0 fully saturated rings. The number of alkyl halides is 3. The van der Waals surface area contributed by atoms with Gasteiger partial charge in [0.25, 0.3) is 0 Å². The van der Waals surface area contributed by atoms with Crippen molar-refractivity contribution in [1.82, 2.24) is 0 Å². The fourth-order valence-corrected chi connectivity index (χ4v) is 3.52. The zero-order valence-electron chi connectivity index (χ0n) is 10.0. The van der Waals surface area contributed by atoms with Gasteiger partial charge in [0.2, 0.25) is 0 Å². The second-order valence-corrected chi connectivity index (χ2v) is 6.10. The minimum absolute atomic E-state index is 0.567. The molecule has 1 heterocycles. The molecule has 0 atom stereocenters. The van der Waals surface area contributed by atoms with Gasteiger partial charge in [-0.1, -0.05) is 34.1 Å². The van der Waals surface area contributed by atoms with Crippen LogP contribution in [0.25, 0.3) is 21.2 Å². The number of halogens is 4. The largest absolute Gasteiger partial charge is 0.416 e. The molecular formula is C15H8BrF3S. The molecule has 0 aliphatic carbocycles.